The quantitative estimate of drug-likeness (QED) is 0.775. The van der Waals surface area contributed by atoms with Crippen LogP contribution in [0.25, 0.3) is 0 Å². The van der Waals surface area contributed by atoms with Gasteiger partial charge in [0.2, 0.25) is 0 Å². The fourth-order valence-electron chi connectivity index (χ4n) is 3.40. The van der Waals surface area contributed by atoms with Crippen LogP contribution in [0.15, 0.2) is 4.79 Å². The lowest BCUT2D eigenvalue weighted by Crippen LogP contribution is -2.24. The molecular formula is C14H24N2O. The van der Waals surface area contributed by atoms with Crippen molar-refractivity contribution >= 4 is 0 Å². The smallest absolute Gasteiger partial charge is 0.299 e. The molecule has 96 valence electrons. The number of hydrogen-bond donors (Lipinski definition) is 0. The van der Waals surface area contributed by atoms with E-state index in [2.05, 4.69) is 27.7 Å². The van der Waals surface area contributed by atoms with E-state index in [9.17, 15) is 4.79 Å². The zero-order valence-electron chi connectivity index (χ0n) is 11.7. The molecule has 0 radical (unpaired) electrons. The third-order valence-corrected chi connectivity index (χ3v) is 4.37. The van der Waals surface area contributed by atoms with Crippen molar-refractivity contribution < 1.29 is 0 Å². The third kappa shape index (κ3) is 1.76. The minimum absolute atomic E-state index is 0.161. The van der Waals surface area contributed by atoms with Crippen molar-refractivity contribution in [3.05, 3.63) is 21.9 Å². The second-order valence-electron chi connectivity index (χ2n) is 5.63. The van der Waals surface area contributed by atoms with Gasteiger partial charge in [0.05, 0.1) is 0 Å². The maximum Gasteiger partial charge on any atom is 0.328 e. The van der Waals surface area contributed by atoms with Crippen molar-refractivity contribution in [1.82, 2.24) is 9.13 Å². The number of fused-ring (bicyclic) bond motifs is 1. The van der Waals surface area contributed by atoms with Gasteiger partial charge in [-0.1, -0.05) is 20.3 Å². The Bertz CT molecular complexity index is 467. The Labute approximate surface area is 103 Å². The summed E-state index contributed by atoms with van der Waals surface area (Å²) in [5, 5.41) is 0. The van der Waals surface area contributed by atoms with Crippen LogP contribution in [0.2, 0.25) is 0 Å². The summed E-state index contributed by atoms with van der Waals surface area (Å²) < 4.78 is 3.86. The molecule has 0 N–H and O–H groups in total. The highest BCUT2D eigenvalue weighted by molar-refractivity contribution is 5.24. The van der Waals surface area contributed by atoms with Crippen molar-refractivity contribution in [2.75, 3.05) is 0 Å². The highest BCUT2D eigenvalue weighted by Crippen LogP contribution is 2.37. The Morgan fingerprint density at radius 1 is 1.41 bits per heavy atom. The minimum atomic E-state index is 0.161. The van der Waals surface area contributed by atoms with Gasteiger partial charge in [-0.15, -0.1) is 0 Å². The average molecular weight is 236 g/mol. The van der Waals surface area contributed by atoms with Crippen molar-refractivity contribution in [2.24, 2.45) is 13.0 Å². The van der Waals surface area contributed by atoms with Crippen molar-refractivity contribution in [3.8, 4) is 0 Å². The summed E-state index contributed by atoms with van der Waals surface area (Å²) in [6.45, 7) is 8.72. The minimum Gasteiger partial charge on any atom is -0.299 e. The van der Waals surface area contributed by atoms with Crippen LogP contribution >= 0.6 is 0 Å². The molecule has 2 rings (SSSR count). The largest absolute Gasteiger partial charge is 0.328 e. The molecule has 0 aliphatic heterocycles. The van der Waals surface area contributed by atoms with Gasteiger partial charge in [0, 0.05) is 30.4 Å². The number of nitrogens with zero attached hydrogens (tertiary/aromatic N) is 2. The second kappa shape index (κ2) is 4.35. The van der Waals surface area contributed by atoms with Gasteiger partial charge in [-0.3, -0.25) is 9.13 Å². The van der Waals surface area contributed by atoms with Crippen molar-refractivity contribution in [3.63, 3.8) is 0 Å². The molecule has 1 aliphatic carbocycles. The monoisotopic (exact) mass is 236 g/mol. The first-order valence-corrected chi connectivity index (χ1v) is 6.79. The van der Waals surface area contributed by atoms with Gasteiger partial charge in [0.25, 0.3) is 0 Å². The second-order valence-corrected chi connectivity index (χ2v) is 5.63. The summed E-state index contributed by atoms with van der Waals surface area (Å²) in [5.74, 6) is 1.25. The van der Waals surface area contributed by atoms with Crippen LogP contribution in [-0.4, -0.2) is 9.13 Å². The summed E-state index contributed by atoms with van der Waals surface area (Å²) in [6.07, 6.45) is 3.49. The van der Waals surface area contributed by atoms with Gasteiger partial charge in [-0.05, 0) is 32.6 Å². The van der Waals surface area contributed by atoms with E-state index in [4.69, 9.17) is 0 Å². The fourth-order valence-corrected chi connectivity index (χ4v) is 3.40. The van der Waals surface area contributed by atoms with Crippen LogP contribution in [0.5, 0.6) is 0 Å². The first-order valence-electron chi connectivity index (χ1n) is 6.79. The average Bonchev–Trinajstić information content (AvgIpc) is 2.53. The summed E-state index contributed by atoms with van der Waals surface area (Å²) in [5.41, 5.74) is 2.72. The SMILES string of the molecule is CCC1CCc2c(n(C)c(=O)n2C(C)C)C1C. The number of rotatable bonds is 2. The molecule has 0 amide bonds. The van der Waals surface area contributed by atoms with Crippen LogP contribution in [0.1, 0.15) is 63.9 Å². The summed E-state index contributed by atoms with van der Waals surface area (Å²) in [4.78, 5) is 12.3. The van der Waals surface area contributed by atoms with E-state index in [1.54, 1.807) is 0 Å². The molecule has 0 aromatic carbocycles. The molecule has 1 heterocycles. The van der Waals surface area contributed by atoms with Crippen LogP contribution in [-0.2, 0) is 13.5 Å². The highest BCUT2D eigenvalue weighted by atomic mass is 16.1. The van der Waals surface area contributed by atoms with Crippen molar-refractivity contribution in [1.29, 1.82) is 0 Å². The topological polar surface area (TPSA) is 26.9 Å². The molecule has 1 aromatic heterocycles. The lowest BCUT2D eigenvalue weighted by molar-refractivity contribution is 0.360. The van der Waals surface area contributed by atoms with Crippen LogP contribution in [0, 0.1) is 5.92 Å². The number of aromatic nitrogens is 2. The van der Waals surface area contributed by atoms with Crippen LogP contribution in [0.4, 0.5) is 0 Å². The zero-order chi connectivity index (χ0) is 12.7. The molecule has 17 heavy (non-hydrogen) atoms. The molecular weight excluding hydrogens is 212 g/mol. The van der Waals surface area contributed by atoms with Gasteiger partial charge in [-0.25, -0.2) is 4.79 Å². The molecule has 2 atom stereocenters. The first kappa shape index (κ1) is 12.5. The van der Waals surface area contributed by atoms with E-state index in [0.29, 0.717) is 5.92 Å². The van der Waals surface area contributed by atoms with E-state index >= 15 is 0 Å². The Balaban J connectivity index is 2.59. The third-order valence-electron chi connectivity index (χ3n) is 4.37. The first-order chi connectivity index (χ1) is 7.99. The van der Waals surface area contributed by atoms with Crippen molar-refractivity contribution in [2.45, 2.75) is 58.9 Å². The van der Waals surface area contributed by atoms with Crippen LogP contribution < -0.4 is 5.69 Å². The molecule has 2 unspecified atom stereocenters. The predicted molar refractivity (Wildman–Crippen MR) is 70.6 cm³/mol. The van der Waals surface area contributed by atoms with E-state index in [1.165, 1.54) is 24.2 Å². The maximum atomic E-state index is 12.3. The molecule has 1 aliphatic rings. The van der Waals surface area contributed by atoms with Gasteiger partial charge < -0.3 is 0 Å². The Morgan fingerprint density at radius 3 is 2.59 bits per heavy atom. The fraction of sp³-hybridized carbons (Fsp3) is 0.786. The molecule has 0 saturated heterocycles. The van der Waals surface area contributed by atoms with Gasteiger partial charge >= 0.3 is 5.69 Å². The molecule has 0 bridgehead atoms. The molecule has 0 spiro atoms. The highest BCUT2D eigenvalue weighted by Gasteiger charge is 2.31. The zero-order valence-corrected chi connectivity index (χ0v) is 11.7. The summed E-state index contributed by atoms with van der Waals surface area (Å²) in [7, 11) is 1.93. The lowest BCUT2D eigenvalue weighted by atomic mass is 9.79. The Hall–Kier alpha value is -0.990. The molecule has 0 saturated carbocycles. The van der Waals surface area contributed by atoms with Gasteiger partial charge in [0.1, 0.15) is 0 Å². The van der Waals surface area contributed by atoms with Gasteiger partial charge in [0.15, 0.2) is 0 Å². The molecule has 3 heteroatoms. The summed E-state index contributed by atoms with van der Waals surface area (Å²) in [6, 6.07) is 0.267. The normalized spacial score (nSPS) is 24.1. The predicted octanol–water partition coefficient (Wildman–Crippen LogP) is 2.84. The Kier molecular flexibility index (Phi) is 3.19. The van der Waals surface area contributed by atoms with E-state index in [-0.39, 0.29) is 11.7 Å². The van der Waals surface area contributed by atoms with E-state index in [1.807, 2.05) is 16.2 Å². The number of hydrogen-bond acceptors (Lipinski definition) is 1. The molecule has 3 nitrogen and oxygen atoms in total. The standard InChI is InChI=1S/C14H24N2O/c1-6-11-7-8-12-13(10(11)4)15(5)14(17)16(12)9(2)3/h9-11H,6-8H2,1-5H3. The maximum absolute atomic E-state index is 12.3. The number of imidazole rings is 1. The summed E-state index contributed by atoms with van der Waals surface area (Å²) >= 11 is 0. The van der Waals surface area contributed by atoms with E-state index < -0.39 is 0 Å². The van der Waals surface area contributed by atoms with E-state index in [0.717, 1.165) is 12.3 Å². The van der Waals surface area contributed by atoms with Crippen LogP contribution in [0.3, 0.4) is 0 Å². The molecule has 0 fully saturated rings. The molecule has 1 aromatic rings. The van der Waals surface area contributed by atoms with Gasteiger partial charge in [-0.2, -0.15) is 0 Å². The Morgan fingerprint density at radius 2 is 2.06 bits per heavy atom. The lowest BCUT2D eigenvalue weighted by Gasteiger charge is -2.29.